The second-order valence-electron chi connectivity index (χ2n) is 3.32. The Hall–Kier alpha value is -1.84. The highest BCUT2D eigenvalue weighted by atomic mass is 16.6. The van der Waals surface area contributed by atoms with Gasteiger partial charge in [-0.3, -0.25) is 10.5 Å². The minimum Gasteiger partial charge on any atom is -0.395 e. The number of nitrogens with zero attached hydrogens (tertiary/aromatic N) is 1. The molecule has 0 atom stereocenters. The molecule has 1 amide bonds. The highest BCUT2D eigenvalue weighted by molar-refractivity contribution is 6.44. The van der Waals surface area contributed by atoms with Crippen molar-refractivity contribution >= 4 is 11.6 Å². The number of hydrogen-bond acceptors (Lipinski definition) is 3. The molecule has 4 heteroatoms. The first kappa shape index (κ1) is 12.2. The van der Waals surface area contributed by atoms with Crippen molar-refractivity contribution in [1.29, 1.82) is 0 Å². The second kappa shape index (κ2) is 6.61. The van der Waals surface area contributed by atoms with E-state index in [1.807, 2.05) is 13.0 Å². The van der Waals surface area contributed by atoms with E-state index in [1.165, 1.54) is 0 Å². The Balaban J connectivity index is 2.72. The van der Waals surface area contributed by atoms with E-state index < -0.39 is 5.91 Å². The van der Waals surface area contributed by atoms with Gasteiger partial charge >= 0.3 is 0 Å². The Labute approximate surface area is 95.1 Å². The van der Waals surface area contributed by atoms with E-state index in [4.69, 9.17) is 10.6 Å². The Morgan fingerprint density at radius 1 is 1.38 bits per heavy atom. The maximum Gasteiger partial charge on any atom is 0.292 e. The van der Waals surface area contributed by atoms with E-state index >= 15 is 0 Å². The van der Waals surface area contributed by atoms with Gasteiger partial charge in [0.2, 0.25) is 0 Å². The lowest BCUT2D eigenvalue weighted by molar-refractivity contribution is -0.112. The molecule has 1 N–H and O–H groups in total. The number of benzene rings is 1. The normalized spacial score (nSPS) is 11.2. The highest BCUT2D eigenvalue weighted by Gasteiger charge is 2.11. The van der Waals surface area contributed by atoms with Crippen molar-refractivity contribution in [3.63, 3.8) is 0 Å². The van der Waals surface area contributed by atoms with Crippen LogP contribution in [0, 0.1) is 0 Å². The van der Waals surface area contributed by atoms with Crippen molar-refractivity contribution in [1.82, 2.24) is 5.73 Å². The van der Waals surface area contributed by atoms with Gasteiger partial charge in [-0.1, -0.05) is 48.8 Å². The molecule has 0 bridgehead atoms. The van der Waals surface area contributed by atoms with Gasteiger partial charge in [0.05, 0.1) is 0 Å². The predicted molar refractivity (Wildman–Crippen MR) is 61.9 cm³/mol. The fraction of sp³-hybridized carbons (Fsp3) is 0.333. The zero-order valence-corrected chi connectivity index (χ0v) is 9.27. The van der Waals surface area contributed by atoms with Crippen LogP contribution in [0.15, 0.2) is 35.5 Å². The highest BCUT2D eigenvalue weighted by Crippen LogP contribution is 2.02. The largest absolute Gasteiger partial charge is 0.395 e. The fourth-order valence-corrected chi connectivity index (χ4v) is 1.14. The first-order chi connectivity index (χ1) is 7.75. The first-order valence-electron chi connectivity index (χ1n) is 5.27. The standard InChI is InChI=1S/C12H15N2O2/c1-2-3-9-16-14-11(12(13)15)10-7-5-4-6-8-10/h4-8,13H,2-3,9H2,1H3. The molecule has 85 valence electrons. The van der Waals surface area contributed by atoms with Gasteiger partial charge in [-0.15, -0.1) is 0 Å². The van der Waals surface area contributed by atoms with Gasteiger partial charge in [-0.2, -0.15) is 0 Å². The molecule has 1 aromatic rings. The van der Waals surface area contributed by atoms with Crippen LogP contribution in [0.5, 0.6) is 0 Å². The smallest absolute Gasteiger partial charge is 0.292 e. The predicted octanol–water partition coefficient (Wildman–Crippen LogP) is 2.02. The molecule has 0 aliphatic carbocycles. The van der Waals surface area contributed by atoms with Gasteiger partial charge in [0.1, 0.15) is 6.61 Å². The topological polar surface area (TPSA) is 62.5 Å². The van der Waals surface area contributed by atoms with Crippen LogP contribution < -0.4 is 5.73 Å². The van der Waals surface area contributed by atoms with Crippen LogP contribution in [0.2, 0.25) is 0 Å². The summed E-state index contributed by atoms with van der Waals surface area (Å²) in [5.74, 6) is -0.831. The van der Waals surface area contributed by atoms with Crippen LogP contribution in [-0.2, 0) is 9.63 Å². The Kier molecular flexibility index (Phi) is 5.05. The Bertz CT molecular complexity index is 361. The molecule has 1 rings (SSSR count). The third kappa shape index (κ3) is 3.73. The fourth-order valence-electron chi connectivity index (χ4n) is 1.14. The van der Waals surface area contributed by atoms with Crippen LogP contribution >= 0.6 is 0 Å². The number of hydrogen-bond donors (Lipinski definition) is 0. The average Bonchev–Trinajstić information content (AvgIpc) is 2.30. The molecule has 0 aromatic heterocycles. The molecule has 0 heterocycles. The minimum atomic E-state index is -0.831. The average molecular weight is 219 g/mol. The molecule has 0 aliphatic rings. The maximum atomic E-state index is 11.1. The summed E-state index contributed by atoms with van der Waals surface area (Å²) in [6.45, 7) is 2.51. The quantitative estimate of drug-likeness (QED) is 0.417. The van der Waals surface area contributed by atoms with Crippen LogP contribution in [0.1, 0.15) is 25.3 Å². The van der Waals surface area contributed by atoms with Crippen molar-refractivity contribution in [2.24, 2.45) is 5.16 Å². The van der Waals surface area contributed by atoms with Crippen molar-refractivity contribution in [2.45, 2.75) is 19.8 Å². The molecule has 0 unspecified atom stereocenters. The SMILES string of the molecule is CCCCON=C(C([NH])=O)c1ccccc1. The van der Waals surface area contributed by atoms with Gasteiger partial charge in [0, 0.05) is 5.56 Å². The summed E-state index contributed by atoms with van der Waals surface area (Å²) in [6, 6.07) is 8.88. The molecule has 0 aliphatic heterocycles. The van der Waals surface area contributed by atoms with E-state index in [0.29, 0.717) is 12.2 Å². The van der Waals surface area contributed by atoms with E-state index in [2.05, 4.69) is 5.16 Å². The molecule has 0 saturated carbocycles. The number of unbranched alkanes of at least 4 members (excludes halogenated alkanes) is 1. The van der Waals surface area contributed by atoms with Crippen molar-refractivity contribution in [3.8, 4) is 0 Å². The van der Waals surface area contributed by atoms with Crippen molar-refractivity contribution < 1.29 is 9.63 Å². The molecular weight excluding hydrogens is 204 g/mol. The maximum absolute atomic E-state index is 11.1. The lowest BCUT2D eigenvalue weighted by Crippen LogP contribution is -2.16. The first-order valence-corrected chi connectivity index (χ1v) is 5.27. The molecule has 16 heavy (non-hydrogen) atoms. The second-order valence-corrected chi connectivity index (χ2v) is 3.32. The summed E-state index contributed by atoms with van der Waals surface area (Å²) in [7, 11) is 0. The van der Waals surface area contributed by atoms with E-state index in [0.717, 1.165) is 12.8 Å². The van der Waals surface area contributed by atoms with Crippen LogP contribution in [0.4, 0.5) is 0 Å². The molecule has 1 radical (unpaired) electrons. The van der Waals surface area contributed by atoms with Crippen molar-refractivity contribution in [2.75, 3.05) is 6.61 Å². The Morgan fingerprint density at radius 2 is 2.06 bits per heavy atom. The minimum absolute atomic E-state index is 0.0525. The summed E-state index contributed by atoms with van der Waals surface area (Å²) in [5, 5.41) is 3.71. The summed E-state index contributed by atoms with van der Waals surface area (Å²) in [4.78, 5) is 16.1. The van der Waals surface area contributed by atoms with Gasteiger partial charge in [-0.05, 0) is 6.42 Å². The summed E-state index contributed by atoms with van der Waals surface area (Å²) >= 11 is 0. The van der Waals surface area contributed by atoms with E-state index in [9.17, 15) is 4.79 Å². The summed E-state index contributed by atoms with van der Waals surface area (Å²) < 4.78 is 0. The van der Waals surface area contributed by atoms with Gasteiger partial charge in [-0.25, -0.2) is 0 Å². The van der Waals surface area contributed by atoms with E-state index in [1.54, 1.807) is 24.3 Å². The third-order valence-electron chi connectivity index (χ3n) is 2.01. The number of amides is 1. The van der Waals surface area contributed by atoms with Gasteiger partial charge < -0.3 is 4.84 Å². The van der Waals surface area contributed by atoms with Crippen LogP contribution in [-0.4, -0.2) is 18.2 Å². The molecule has 1 aromatic carbocycles. The van der Waals surface area contributed by atoms with Crippen LogP contribution in [0.3, 0.4) is 0 Å². The zero-order valence-electron chi connectivity index (χ0n) is 9.27. The van der Waals surface area contributed by atoms with Gasteiger partial charge in [0.25, 0.3) is 5.91 Å². The number of rotatable bonds is 6. The van der Waals surface area contributed by atoms with Crippen molar-refractivity contribution in [3.05, 3.63) is 35.9 Å². The number of oxime groups is 1. The molecule has 0 fully saturated rings. The molecule has 0 saturated heterocycles. The lowest BCUT2D eigenvalue weighted by Gasteiger charge is -2.02. The zero-order chi connectivity index (χ0) is 11.8. The molecular formula is C12H15N2O2. The number of carbonyl (C=O) groups is 1. The third-order valence-corrected chi connectivity index (χ3v) is 2.01. The Morgan fingerprint density at radius 3 is 2.62 bits per heavy atom. The number of nitrogens with one attached hydrogen (secondary N) is 1. The summed E-state index contributed by atoms with van der Waals surface area (Å²) in [5.41, 5.74) is 7.77. The van der Waals surface area contributed by atoms with E-state index in [-0.39, 0.29) is 5.71 Å². The lowest BCUT2D eigenvalue weighted by atomic mass is 10.1. The van der Waals surface area contributed by atoms with Crippen LogP contribution in [0.25, 0.3) is 0 Å². The van der Waals surface area contributed by atoms with Gasteiger partial charge in [0.15, 0.2) is 5.71 Å². The monoisotopic (exact) mass is 219 g/mol. The summed E-state index contributed by atoms with van der Waals surface area (Å²) in [6.07, 6.45) is 1.89. The molecule has 0 spiro atoms. The molecule has 4 nitrogen and oxygen atoms in total. The number of carbonyl (C=O) groups excluding carboxylic acids is 1.